The molecular weight excluding hydrogens is 371 g/mol. The molecule has 0 bridgehead atoms. The Morgan fingerprint density at radius 1 is 1.26 bits per heavy atom. The molecule has 27 heavy (non-hydrogen) atoms. The lowest BCUT2D eigenvalue weighted by Gasteiger charge is -2.13. The largest absolute Gasteiger partial charge is 0.508 e. The Bertz CT molecular complexity index is 979. The highest BCUT2D eigenvalue weighted by molar-refractivity contribution is 7.92. The lowest BCUT2D eigenvalue weighted by molar-refractivity contribution is -0.120. The van der Waals surface area contributed by atoms with Crippen molar-refractivity contribution < 1.29 is 28.0 Å². The molecule has 2 aromatic carbocycles. The van der Waals surface area contributed by atoms with E-state index in [1.54, 1.807) is 19.1 Å². The minimum Gasteiger partial charge on any atom is -0.508 e. The number of hydrogen-bond donors (Lipinski definition) is 4. The SMILES string of the molecule is CCNC(=O)Cc1cc(O)ccc1S(=O)(=O)Nc1ccc2c(c1)B(O)OC2. The van der Waals surface area contributed by atoms with Crippen LogP contribution in [0.1, 0.15) is 18.1 Å². The van der Waals surface area contributed by atoms with Crippen molar-refractivity contribution in [1.29, 1.82) is 0 Å². The summed E-state index contributed by atoms with van der Waals surface area (Å²) in [7, 11) is -5.11. The Labute approximate surface area is 157 Å². The fraction of sp³-hybridized carbons (Fsp3) is 0.235. The molecule has 1 heterocycles. The zero-order chi connectivity index (χ0) is 19.6. The van der Waals surface area contributed by atoms with Crippen molar-refractivity contribution in [3.05, 3.63) is 47.5 Å². The van der Waals surface area contributed by atoms with Gasteiger partial charge in [-0.05, 0) is 53.8 Å². The average Bonchev–Trinajstić information content (AvgIpc) is 2.95. The maximum absolute atomic E-state index is 12.8. The zero-order valence-corrected chi connectivity index (χ0v) is 15.4. The van der Waals surface area contributed by atoms with Gasteiger partial charge < -0.3 is 20.1 Å². The van der Waals surface area contributed by atoms with E-state index in [0.29, 0.717) is 12.0 Å². The third kappa shape index (κ3) is 4.24. The van der Waals surface area contributed by atoms with Gasteiger partial charge in [0.1, 0.15) is 5.75 Å². The first-order chi connectivity index (χ1) is 12.8. The smallest absolute Gasteiger partial charge is 0.491 e. The maximum atomic E-state index is 12.8. The van der Waals surface area contributed by atoms with Gasteiger partial charge >= 0.3 is 7.12 Å². The van der Waals surface area contributed by atoms with E-state index in [0.717, 1.165) is 5.56 Å². The van der Waals surface area contributed by atoms with Crippen molar-refractivity contribution in [3.63, 3.8) is 0 Å². The Morgan fingerprint density at radius 2 is 2.04 bits per heavy atom. The molecule has 0 aromatic heterocycles. The Morgan fingerprint density at radius 3 is 2.78 bits per heavy atom. The van der Waals surface area contributed by atoms with Crippen LogP contribution in [-0.4, -0.2) is 38.1 Å². The molecule has 1 amide bonds. The highest BCUT2D eigenvalue weighted by Gasteiger charge is 2.28. The van der Waals surface area contributed by atoms with Gasteiger partial charge in [-0.2, -0.15) is 0 Å². The van der Waals surface area contributed by atoms with Crippen LogP contribution in [-0.2, 0) is 32.5 Å². The molecule has 142 valence electrons. The van der Waals surface area contributed by atoms with Crippen molar-refractivity contribution in [2.75, 3.05) is 11.3 Å². The molecule has 8 nitrogen and oxygen atoms in total. The summed E-state index contributed by atoms with van der Waals surface area (Å²) in [6.07, 6.45) is -0.185. The lowest BCUT2D eigenvalue weighted by atomic mass is 9.79. The minimum absolute atomic E-state index is 0.108. The molecular formula is C17H19BN2O6S. The standard InChI is InChI=1S/C17H19BN2O6S/c1-2-19-17(22)8-12-7-14(21)5-6-16(12)27(24,25)20-13-4-3-11-10-26-18(23)15(11)9-13/h3-7,9,20-21,23H,2,8,10H2,1H3,(H,19,22). The number of amides is 1. The molecule has 0 aliphatic carbocycles. The van der Waals surface area contributed by atoms with Gasteiger partial charge in [0.15, 0.2) is 0 Å². The van der Waals surface area contributed by atoms with Gasteiger partial charge in [-0.3, -0.25) is 9.52 Å². The third-order valence-electron chi connectivity index (χ3n) is 4.12. The Balaban J connectivity index is 1.91. The molecule has 0 spiro atoms. The molecule has 1 aliphatic rings. The first-order valence-electron chi connectivity index (χ1n) is 8.34. The average molecular weight is 390 g/mol. The van der Waals surface area contributed by atoms with E-state index >= 15 is 0 Å². The van der Waals surface area contributed by atoms with Crippen molar-refractivity contribution in [2.24, 2.45) is 0 Å². The van der Waals surface area contributed by atoms with Crippen LogP contribution in [0.2, 0.25) is 0 Å². The third-order valence-corrected chi connectivity index (χ3v) is 5.60. The summed E-state index contributed by atoms with van der Waals surface area (Å²) < 4.78 is 33.2. The van der Waals surface area contributed by atoms with E-state index in [9.17, 15) is 23.3 Å². The van der Waals surface area contributed by atoms with E-state index in [1.165, 1.54) is 24.3 Å². The summed E-state index contributed by atoms with van der Waals surface area (Å²) in [5.41, 5.74) is 1.73. The number of hydrogen-bond acceptors (Lipinski definition) is 6. The van der Waals surface area contributed by atoms with E-state index in [-0.39, 0.29) is 40.8 Å². The number of sulfonamides is 1. The molecule has 2 aromatic rings. The fourth-order valence-electron chi connectivity index (χ4n) is 2.89. The summed E-state index contributed by atoms with van der Waals surface area (Å²) in [5, 5.41) is 22.1. The summed E-state index contributed by atoms with van der Waals surface area (Å²) in [4.78, 5) is 11.8. The number of aromatic hydroxyl groups is 1. The van der Waals surface area contributed by atoms with Crippen molar-refractivity contribution in [1.82, 2.24) is 5.32 Å². The van der Waals surface area contributed by atoms with Gasteiger partial charge in [0, 0.05) is 12.2 Å². The van der Waals surface area contributed by atoms with Crippen LogP contribution in [0.4, 0.5) is 5.69 Å². The summed E-state index contributed by atoms with van der Waals surface area (Å²) >= 11 is 0. The molecule has 0 saturated carbocycles. The number of anilines is 1. The van der Waals surface area contributed by atoms with Crippen LogP contribution in [0.25, 0.3) is 0 Å². The highest BCUT2D eigenvalue weighted by Crippen LogP contribution is 2.24. The molecule has 0 saturated heterocycles. The van der Waals surface area contributed by atoms with Crippen LogP contribution in [0.5, 0.6) is 5.75 Å². The number of benzene rings is 2. The molecule has 0 fully saturated rings. The van der Waals surface area contributed by atoms with E-state index in [1.807, 2.05) is 0 Å². The number of rotatable bonds is 6. The number of phenols is 1. The van der Waals surface area contributed by atoms with Crippen LogP contribution >= 0.6 is 0 Å². The number of phenolic OH excluding ortho intramolecular Hbond substituents is 1. The Hall–Kier alpha value is -2.56. The van der Waals surface area contributed by atoms with Gasteiger partial charge in [-0.25, -0.2) is 8.42 Å². The van der Waals surface area contributed by atoms with Gasteiger partial charge in [0.2, 0.25) is 5.91 Å². The van der Waals surface area contributed by atoms with Crippen LogP contribution in [0, 0.1) is 0 Å². The number of carbonyl (C=O) groups excluding carboxylic acids is 1. The molecule has 4 N–H and O–H groups in total. The maximum Gasteiger partial charge on any atom is 0.491 e. The van der Waals surface area contributed by atoms with Gasteiger partial charge in [0.25, 0.3) is 10.0 Å². The number of fused-ring (bicyclic) bond motifs is 1. The highest BCUT2D eigenvalue weighted by atomic mass is 32.2. The topological polar surface area (TPSA) is 125 Å². The van der Waals surface area contributed by atoms with Crippen LogP contribution < -0.4 is 15.5 Å². The van der Waals surface area contributed by atoms with Gasteiger partial charge in [-0.15, -0.1) is 0 Å². The van der Waals surface area contributed by atoms with Crippen molar-refractivity contribution in [2.45, 2.75) is 24.8 Å². The van der Waals surface area contributed by atoms with E-state index < -0.39 is 17.1 Å². The van der Waals surface area contributed by atoms with Crippen molar-refractivity contribution >= 4 is 34.2 Å². The molecule has 0 radical (unpaired) electrons. The Kier molecular flexibility index (Phi) is 5.40. The molecule has 0 unspecified atom stereocenters. The monoisotopic (exact) mass is 390 g/mol. The number of likely N-dealkylation sites (N-methyl/N-ethyl adjacent to an activating group) is 1. The second kappa shape index (κ2) is 7.59. The molecule has 1 aliphatic heterocycles. The molecule has 3 rings (SSSR count). The zero-order valence-electron chi connectivity index (χ0n) is 14.6. The second-order valence-electron chi connectivity index (χ2n) is 6.10. The fourth-order valence-corrected chi connectivity index (χ4v) is 4.16. The summed E-state index contributed by atoms with van der Waals surface area (Å²) in [6.45, 7) is 2.43. The van der Waals surface area contributed by atoms with Crippen LogP contribution in [0.15, 0.2) is 41.3 Å². The van der Waals surface area contributed by atoms with Crippen molar-refractivity contribution in [3.8, 4) is 5.75 Å². The molecule has 0 atom stereocenters. The van der Waals surface area contributed by atoms with E-state index in [4.69, 9.17) is 4.65 Å². The normalized spacial score (nSPS) is 13.3. The van der Waals surface area contributed by atoms with Crippen LogP contribution in [0.3, 0.4) is 0 Å². The lowest BCUT2D eigenvalue weighted by Crippen LogP contribution is -2.28. The van der Waals surface area contributed by atoms with Gasteiger partial charge in [-0.1, -0.05) is 6.07 Å². The van der Waals surface area contributed by atoms with Gasteiger partial charge in [0.05, 0.1) is 17.9 Å². The summed E-state index contributed by atoms with van der Waals surface area (Å²) in [5.74, 6) is -0.483. The predicted octanol–water partition coefficient (Wildman–Crippen LogP) is 0.0893. The number of nitrogens with one attached hydrogen (secondary N) is 2. The first-order valence-corrected chi connectivity index (χ1v) is 9.82. The second-order valence-corrected chi connectivity index (χ2v) is 7.76. The minimum atomic E-state index is -4.02. The number of carbonyl (C=O) groups is 1. The molecule has 10 heteroatoms. The quantitative estimate of drug-likeness (QED) is 0.518. The summed E-state index contributed by atoms with van der Waals surface area (Å²) in [6, 6.07) is 8.50. The predicted molar refractivity (Wildman–Crippen MR) is 100 cm³/mol. The first kappa shape index (κ1) is 19.2. The van der Waals surface area contributed by atoms with E-state index in [2.05, 4.69) is 10.0 Å².